The highest BCUT2D eigenvalue weighted by Crippen LogP contribution is 2.31. The maximum Gasteiger partial charge on any atom is 0.416 e. The lowest BCUT2D eigenvalue weighted by atomic mass is 10.1. The van der Waals surface area contributed by atoms with E-state index in [0.29, 0.717) is 35.5 Å². The Morgan fingerprint density at radius 1 is 1.06 bits per heavy atom. The van der Waals surface area contributed by atoms with E-state index in [1.165, 1.54) is 12.1 Å². The molecule has 5 rings (SSSR count). The van der Waals surface area contributed by atoms with Crippen molar-refractivity contribution in [1.82, 2.24) is 19.5 Å². The van der Waals surface area contributed by atoms with Crippen LogP contribution in [0.15, 0.2) is 54.9 Å². The third-order valence-electron chi connectivity index (χ3n) is 5.63. The van der Waals surface area contributed by atoms with Gasteiger partial charge < -0.3 is 20.1 Å². The van der Waals surface area contributed by atoms with E-state index >= 15 is 0 Å². The lowest BCUT2D eigenvalue weighted by Gasteiger charge is -2.14. The van der Waals surface area contributed by atoms with Gasteiger partial charge in [-0.1, -0.05) is 18.2 Å². The fourth-order valence-corrected chi connectivity index (χ4v) is 3.62. The Hall–Kier alpha value is -3.82. The van der Waals surface area contributed by atoms with Crippen molar-refractivity contribution in [2.75, 3.05) is 29.6 Å². The first-order chi connectivity index (χ1) is 16.3. The van der Waals surface area contributed by atoms with Crippen molar-refractivity contribution in [3.63, 3.8) is 0 Å². The maximum atomic E-state index is 12.9. The van der Waals surface area contributed by atoms with E-state index in [1.807, 2.05) is 47.8 Å². The summed E-state index contributed by atoms with van der Waals surface area (Å²) in [7, 11) is 3.94. The topological polar surface area (TPSA) is 70.9 Å². The van der Waals surface area contributed by atoms with Crippen LogP contribution in [0.2, 0.25) is 0 Å². The molecule has 2 heterocycles. The molecule has 0 amide bonds. The summed E-state index contributed by atoms with van der Waals surface area (Å²) in [4.78, 5) is 15.9. The minimum Gasteiger partial charge on any atom is -0.378 e. The van der Waals surface area contributed by atoms with E-state index in [-0.39, 0.29) is 0 Å². The summed E-state index contributed by atoms with van der Waals surface area (Å²) in [5, 5.41) is 6.69. The van der Waals surface area contributed by atoms with Gasteiger partial charge in [0, 0.05) is 31.5 Å². The number of rotatable bonds is 7. The van der Waals surface area contributed by atoms with Crippen LogP contribution in [0.5, 0.6) is 0 Å². The van der Waals surface area contributed by atoms with E-state index < -0.39 is 11.7 Å². The Labute approximate surface area is 194 Å². The molecule has 0 unspecified atom stereocenters. The van der Waals surface area contributed by atoms with Gasteiger partial charge in [0.1, 0.15) is 0 Å². The molecule has 0 atom stereocenters. The number of hydrogen-bond acceptors (Lipinski definition) is 6. The molecule has 1 saturated carbocycles. The van der Waals surface area contributed by atoms with Crippen LogP contribution in [0.3, 0.4) is 0 Å². The number of nitrogens with one attached hydrogen (secondary N) is 2. The largest absolute Gasteiger partial charge is 0.416 e. The van der Waals surface area contributed by atoms with Gasteiger partial charge in [-0.05, 0) is 48.7 Å². The molecule has 2 aromatic heterocycles. The highest BCUT2D eigenvalue weighted by molar-refractivity contribution is 5.85. The summed E-state index contributed by atoms with van der Waals surface area (Å²) < 4.78 is 40.5. The molecular weight excluding hydrogens is 443 g/mol. The Balaban J connectivity index is 1.48. The molecule has 1 aliphatic rings. The molecule has 7 nitrogen and oxygen atoms in total. The number of anilines is 4. The molecule has 2 aromatic carbocycles. The monoisotopic (exact) mass is 467 g/mol. The number of fused-ring (bicyclic) bond motifs is 1. The zero-order chi connectivity index (χ0) is 23.9. The van der Waals surface area contributed by atoms with Crippen LogP contribution in [0.1, 0.15) is 24.0 Å². The third kappa shape index (κ3) is 4.75. The normalized spacial score (nSPS) is 13.8. The highest BCUT2D eigenvalue weighted by Gasteiger charge is 2.30. The van der Waals surface area contributed by atoms with Crippen LogP contribution in [-0.4, -0.2) is 39.7 Å². The molecule has 0 saturated heterocycles. The van der Waals surface area contributed by atoms with Crippen LogP contribution in [0, 0.1) is 0 Å². The summed E-state index contributed by atoms with van der Waals surface area (Å²) in [6, 6.07) is 13.4. The average molecular weight is 467 g/mol. The van der Waals surface area contributed by atoms with Gasteiger partial charge in [-0.15, -0.1) is 0 Å². The van der Waals surface area contributed by atoms with Crippen molar-refractivity contribution >= 4 is 34.3 Å². The highest BCUT2D eigenvalue weighted by atomic mass is 19.4. The van der Waals surface area contributed by atoms with Crippen LogP contribution < -0.4 is 15.5 Å². The number of benzene rings is 2. The lowest BCUT2D eigenvalue weighted by Crippen LogP contribution is -2.10. The van der Waals surface area contributed by atoms with Gasteiger partial charge in [-0.2, -0.15) is 23.1 Å². The molecule has 0 spiro atoms. The molecule has 1 aliphatic carbocycles. The lowest BCUT2D eigenvalue weighted by molar-refractivity contribution is -0.137. The fourth-order valence-electron chi connectivity index (χ4n) is 3.62. The second kappa shape index (κ2) is 8.51. The summed E-state index contributed by atoms with van der Waals surface area (Å²) in [6.07, 6.45) is -0.566. The fraction of sp³-hybridized carbons (Fsp3) is 0.292. The van der Waals surface area contributed by atoms with Crippen molar-refractivity contribution in [2.45, 2.75) is 31.6 Å². The number of alkyl halides is 3. The standard InChI is InChI=1S/C24H24F3N7/c1-33(2)19-5-3-4-18(12-19)30-23-31-21(29-17-10-11-17)20-22(32-23)34(14-28-20)13-15-6-8-16(9-7-15)24(25,26)27/h3-9,12,14,17H,10-11,13H2,1-2H3,(H2,29,30,31,32). The third-order valence-corrected chi connectivity index (χ3v) is 5.63. The van der Waals surface area contributed by atoms with E-state index in [0.717, 1.165) is 41.9 Å². The van der Waals surface area contributed by atoms with Gasteiger partial charge in [-0.3, -0.25) is 0 Å². The van der Waals surface area contributed by atoms with Crippen molar-refractivity contribution < 1.29 is 13.2 Å². The van der Waals surface area contributed by atoms with Gasteiger partial charge >= 0.3 is 6.18 Å². The summed E-state index contributed by atoms with van der Waals surface area (Å²) in [5.41, 5.74) is 3.16. The number of halogens is 3. The van der Waals surface area contributed by atoms with Gasteiger partial charge in [0.15, 0.2) is 17.0 Å². The Bertz CT molecular complexity index is 1310. The first kappa shape index (κ1) is 22.0. The molecule has 2 N–H and O–H groups in total. The summed E-state index contributed by atoms with van der Waals surface area (Å²) >= 11 is 0. The van der Waals surface area contributed by atoms with Crippen LogP contribution >= 0.6 is 0 Å². The molecule has 10 heteroatoms. The SMILES string of the molecule is CN(C)c1cccc(Nc2nc(NC3CC3)c3ncn(Cc4ccc(C(F)(F)F)cc4)c3n2)c1. The van der Waals surface area contributed by atoms with Gasteiger partial charge in [-0.25, -0.2) is 4.98 Å². The zero-order valence-corrected chi connectivity index (χ0v) is 18.8. The van der Waals surface area contributed by atoms with Crippen molar-refractivity contribution in [3.05, 3.63) is 66.0 Å². The summed E-state index contributed by atoms with van der Waals surface area (Å²) in [6.45, 7) is 0.337. The quantitative estimate of drug-likeness (QED) is 0.386. The Kier molecular flexibility index (Phi) is 5.51. The minimum atomic E-state index is -4.36. The van der Waals surface area contributed by atoms with Crippen molar-refractivity contribution in [2.24, 2.45) is 0 Å². The first-order valence-electron chi connectivity index (χ1n) is 11.0. The predicted molar refractivity (Wildman–Crippen MR) is 127 cm³/mol. The van der Waals surface area contributed by atoms with Gasteiger partial charge in [0.25, 0.3) is 0 Å². The van der Waals surface area contributed by atoms with E-state index in [2.05, 4.69) is 20.6 Å². The molecule has 0 radical (unpaired) electrons. The molecule has 4 aromatic rings. The summed E-state index contributed by atoms with van der Waals surface area (Å²) in [5.74, 6) is 1.06. The van der Waals surface area contributed by atoms with Crippen LogP contribution in [-0.2, 0) is 12.7 Å². The number of hydrogen-bond donors (Lipinski definition) is 2. The number of nitrogens with zero attached hydrogens (tertiary/aromatic N) is 5. The molecule has 34 heavy (non-hydrogen) atoms. The average Bonchev–Trinajstić information content (AvgIpc) is 3.52. The number of imidazole rings is 1. The Morgan fingerprint density at radius 3 is 2.50 bits per heavy atom. The molecule has 1 fully saturated rings. The zero-order valence-electron chi connectivity index (χ0n) is 18.8. The van der Waals surface area contributed by atoms with Crippen molar-refractivity contribution in [1.29, 1.82) is 0 Å². The second-order valence-electron chi connectivity index (χ2n) is 8.62. The first-order valence-corrected chi connectivity index (χ1v) is 11.0. The smallest absolute Gasteiger partial charge is 0.378 e. The predicted octanol–water partition coefficient (Wildman–Crippen LogP) is 5.28. The van der Waals surface area contributed by atoms with Gasteiger partial charge in [0.05, 0.1) is 18.4 Å². The van der Waals surface area contributed by atoms with E-state index in [9.17, 15) is 13.2 Å². The van der Waals surface area contributed by atoms with Gasteiger partial charge in [0.2, 0.25) is 5.95 Å². The van der Waals surface area contributed by atoms with E-state index in [1.54, 1.807) is 6.33 Å². The maximum absolute atomic E-state index is 12.9. The minimum absolute atomic E-state index is 0.337. The van der Waals surface area contributed by atoms with Crippen molar-refractivity contribution in [3.8, 4) is 0 Å². The molecule has 0 aliphatic heterocycles. The van der Waals surface area contributed by atoms with Crippen LogP contribution in [0.25, 0.3) is 11.2 Å². The molecule has 0 bridgehead atoms. The van der Waals surface area contributed by atoms with E-state index in [4.69, 9.17) is 4.98 Å². The molecular formula is C24H24F3N7. The second-order valence-corrected chi connectivity index (χ2v) is 8.62. The van der Waals surface area contributed by atoms with Crippen LogP contribution in [0.4, 0.5) is 36.3 Å². The Morgan fingerprint density at radius 2 is 1.82 bits per heavy atom. The molecule has 176 valence electrons. The number of aromatic nitrogens is 4.